The molecule has 0 amide bonds. The van der Waals surface area contributed by atoms with Crippen molar-refractivity contribution in [1.29, 1.82) is 0 Å². The molecule has 0 fully saturated rings. The number of benzene rings is 1. The standard InChI is InChI=1S/C15H19F2N3S/c1-10(2)18-7-12-8-19-20-15(12)11-3-5-13(6-4-11)21-9-14(16)17/h3-6,8,10,14,18H,7,9H2,1-2H3,(H,19,20). The quantitative estimate of drug-likeness (QED) is 0.761. The number of halogens is 2. The lowest BCUT2D eigenvalue weighted by Gasteiger charge is -2.09. The third kappa shape index (κ3) is 4.82. The van der Waals surface area contributed by atoms with Gasteiger partial charge in [-0.1, -0.05) is 26.0 Å². The lowest BCUT2D eigenvalue weighted by atomic mass is 10.1. The van der Waals surface area contributed by atoms with Crippen LogP contribution in [0.3, 0.4) is 0 Å². The minimum atomic E-state index is -2.28. The highest BCUT2D eigenvalue weighted by molar-refractivity contribution is 7.99. The van der Waals surface area contributed by atoms with E-state index < -0.39 is 6.43 Å². The van der Waals surface area contributed by atoms with Gasteiger partial charge in [0.1, 0.15) is 0 Å². The minimum absolute atomic E-state index is 0.174. The molecule has 0 atom stereocenters. The number of aromatic amines is 1. The first-order valence-electron chi connectivity index (χ1n) is 6.83. The zero-order valence-electron chi connectivity index (χ0n) is 12.1. The van der Waals surface area contributed by atoms with E-state index in [0.717, 1.165) is 40.0 Å². The molecule has 0 radical (unpaired) electrons. The molecular formula is C15H19F2N3S. The predicted molar refractivity (Wildman–Crippen MR) is 82.7 cm³/mol. The second-order valence-corrected chi connectivity index (χ2v) is 6.13. The summed E-state index contributed by atoms with van der Waals surface area (Å²) in [6, 6.07) is 7.99. The molecule has 1 aromatic carbocycles. The van der Waals surface area contributed by atoms with Crippen molar-refractivity contribution in [2.75, 3.05) is 5.75 Å². The van der Waals surface area contributed by atoms with Gasteiger partial charge in [-0.05, 0) is 17.7 Å². The molecule has 2 N–H and O–H groups in total. The van der Waals surface area contributed by atoms with E-state index in [2.05, 4.69) is 29.4 Å². The fourth-order valence-corrected chi connectivity index (χ4v) is 2.53. The summed E-state index contributed by atoms with van der Waals surface area (Å²) in [5, 5.41) is 10.4. The van der Waals surface area contributed by atoms with Crippen LogP contribution in [0.25, 0.3) is 11.3 Å². The van der Waals surface area contributed by atoms with Crippen LogP contribution in [-0.2, 0) is 6.54 Å². The molecule has 3 nitrogen and oxygen atoms in total. The summed E-state index contributed by atoms with van der Waals surface area (Å²) >= 11 is 1.16. The lowest BCUT2D eigenvalue weighted by Crippen LogP contribution is -2.21. The number of nitrogens with one attached hydrogen (secondary N) is 2. The Kier molecular flexibility index (Phi) is 5.76. The normalized spacial score (nSPS) is 11.5. The van der Waals surface area contributed by atoms with Crippen LogP contribution in [0.1, 0.15) is 19.4 Å². The van der Waals surface area contributed by atoms with Crippen molar-refractivity contribution in [3.05, 3.63) is 36.0 Å². The molecule has 0 aliphatic heterocycles. The number of hydrogen-bond donors (Lipinski definition) is 2. The molecule has 2 aromatic rings. The summed E-state index contributed by atoms with van der Waals surface area (Å²) in [7, 11) is 0. The van der Waals surface area contributed by atoms with E-state index in [0.29, 0.717) is 6.04 Å². The minimum Gasteiger partial charge on any atom is -0.310 e. The Bertz CT molecular complexity index is 552. The van der Waals surface area contributed by atoms with E-state index >= 15 is 0 Å². The summed E-state index contributed by atoms with van der Waals surface area (Å²) in [4.78, 5) is 0.848. The zero-order valence-corrected chi connectivity index (χ0v) is 12.9. The second-order valence-electron chi connectivity index (χ2n) is 5.03. The van der Waals surface area contributed by atoms with Crippen molar-refractivity contribution in [1.82, 2.24) is 15.5 Å². The van der Waals surface area contributed by atoms with Crippen LogP contribution < -0.4 is 5.32 Å². The van der Waals surface area contributed by atoms with Gasteiger partial charge in [-0.3, -0.25) is 5.10 Å². The third-order valence-electron chi connectivity index (χ3n) is 2.94. The summed E-state index contributed by atoms with van der Waals surface area (Å²) in [6.07, 6.45) is -0.472. The Hall–Kier alpha value is -1.40. The van der Waals surface area contributed by atoms with Gasteiger partial charge in [-0.25, -0.2) is 8.78 Å². The van der Waals surface area contributed by atoms with Gasteiger partial charge in [0.2, 0.25) is 6.43 Å². The summed E-state index contributed by atoms with van der Waals surface area (Å²) in [6.45, 7) is 4.93. The van der Waals surface area contributed by atoms with E-state index in [4.69, 9.17) is 0 Å². The van der Waals surface area contributed by atoms with Crippen LogP contribution in [0.5, 0.6) is 0 Å². The Balaban J connectivity index is 2.06. The second kappa shape index (κ2) is 7.56. The molecule has 6 heteroatoms. The number of aromatic nitrogens is 2. The van der Waals surface area contributed by atoms with E-state index in [1.54, 1.807) is 0 Å². The van der Waals surface area contributed by atoms with E-state index in [1.165, 1.54) is 0 Å². The highest BCUT2D eigenvalue weighted by Gasteiger charge is 2.09. The van der Waals surface area contributed by atoms with Crippen molar-refractivity contribution in [2.24, 2.45) is 0 Å². The van der Waals surface area contributed by atoms with Crippen molar-refractivity contribution in [3.63, 3.8) is 0 Å². The van der Waals surface area contributed by atoms with Crippen LogP contribution >= 0.6 is 11.8 Å². The number of nitrogens with zero attached hydrogens (tertiary/aromatic N) is 1. The maximum Gasteiger partial charge on any atom is 0.247 e. The topological polar surface area (TPSA) is 40.7 Å². The van der Waals surface area contributed by atoms with E-state index in [-0.39, 0.29) is 5.75 Å². The highest BCUT2D eigenvalue weighted by atomic mass is 32.2. The SMILES string of the molecule is CC(C)NCc1cn[nH]c1-c1ccc(SCC(F)F)cc1. The molecule has 0 unspecified atom stereocenters. The number of thioether (sulfide) groups is 1. The molecule has 114 valence electrons. The van der Waals surface area contributed by atoms with E-state index in [1.807, 2.05) is 30.5 Å². The summed E-state index contributed by atoms with van der Waals surface area (Å²) in [5.41, 5.74) is 3.07. The van der Waals surface area contributed by atoms with Crippen LogP contribution in [0.2, 0.25) is 0 Å². The van der Waals surface area contributed by atoms with Gasteiger partial charge < -0.3 is 5.32 Å². The predicted octanol–water partition coefficient (Wildman–Crippen LogP) is 3.93. The molecule has 0 saturated heterocycles. The van der Waals surface area contributed by atoms with Gasteiger partial charge in [0.25, 0.3) is 0 Å². The Morgan fingerprint density at radius 1 is 1.24 bits per heavy atom. The number of H-pyrrole nitrogens is 1. The molecule has 0 aliphatic carbocycles. The van der Waals surface area contributed by atoms with Gasteiger partial charge in [-0.15, -0.1) is 11.8 Å². The first kappa shape index (κ1) is 16.0. The molecule has 0 spiro atoms. The van der Waals surface area contributed by atoms with Crippen LogP contribution in [0, 0.1) is 0 Å². The molecular weight excluding hydrogens is 292 g/mol. The first-order valence-corrected chi connectivity index (χ1v) is 7.82. The molecule has 0 bridgehead atoms. The fourth-order valence-electron chi connectivity index (χ4n) is 1.89. The van der Waals surface area contributed by atoms with Gasteiger partial charge >= 0.3 is 0 Å². The van der Waals surface area contributed by atoms with Crippen molar-refractivity contribution in [3.8, 4) is 11.3 Å². The third-order valence-corrected chi connectivity index (χ3v) is 3.96. The van der Waals surface area contributed by atoms with Crippen LogP contribution in [0.4, 0.5) is 8.78 Å². The maximum absolute atomic E-state index is 12.2. The van der Waals surface area contributed by atoms with Crippen molar-refractivity contribution >= 4 is 11.8 Å². The number of alkyl halides is 2. The van der Waals surface area contributed by atoms with Gasteiger partial charge in [0.15, 0.2) is 0 Å². The van der Waals surface area contributed by atoms with Gasteiger partial charge in [0.05, 0.1) is 17.6 Å². The van der Waals surface area contributed by atoms with Crippen molar-refractivity contribution < 1.29 is 8.78 Å². The molecule has 1 aromatic heterocycles. The Morgan fingerprint density at radius 2 is 1.95 bits per heavy atom. The average molecular weight is 311 g/mol. The van der Waals surface area contributed by atoms with E-state index in [9.17, 15) is 8.78 Å². The number of rotatable bonds is 7. The fraction of sp³-hybridized carbons (Fsp3) is 0.400. The Morgan fingerprint density at radius 3 is 2.57 bits per heavy atom. The maximum atomic E-state index is 12.2. The van der Waals surface area contributed by atoms with Crippen molar-refractivity contribution in [2.45, 2.75) is 37.8 Å². The molecule has 0 aliphatic rings. The summed E-state index contributed by atoms with van der Waals surface area (Å²) in [5.74, 6) is -0.174. The smallest absolute Gasteiger partial charge is 0.247 e. The molecule has 21 heavy (non-hydrogen) atoms. The molecule has 2 rings (SSSR count). The van der Waals surface area contributed by atoms with Crippen LogP contribution in [0.15, 0.2) is 35.4 Å². The molecule has 0 saturated carbocycles. The summed E-state index contributed by atoms with van der Waals surface area (Å²) < 4.78 is 24.4. The van der Waals surface area contributed by atoms with Gasteiger partial charge in [-0.2, -0.15) is 5.10 Å². The monoisotopic (exact) mass is 311 g/mol. The first-order chi connectivity index (χ1) is 10.1. The largest absolute Gasteiger partial charge is 0.310 e. The molecule has 1 heterocycles. The highest BCUT2D eigenvalue weighted by Crippen LogP contribution is 2.26. The zero-order chi connectivity index (χ0) is 15.2. The lowest BCUT2D eigenvalue weighted by molar-refractivity contribution is 0.177. The average Bonchev–Trinajstić information content (AvgIpc) is 2.92. The number of hydrogen-bond acceptors (Lipinski definition) is 3. The van der Waals surface area contributed by atoms with Crippen LogP contribution in [-0.4, -0.2) is 28.4 Å². The Labute approximate surface area is 127 Å². The van der Waals surface area contributed by atoms with Gasteiger partial charge in [0, 0.05) is 23.0 Å².